The summed E-state index contributed by atoms with van der Waals surface area (Å²) in [7, 11) is 0. The number of hydrogen-bond donors (Lipinski definition) is 5. The van der Waals surface area contributed by atoms with Crippen molar-refractivity contribution in [1.82, 2.24) is 5.32 Å². The van der Waals surface area contributed by atoms with Crippen LogP contribution in [0.3, 0.4) is 0 Å². The molecule has 0 spiro atoms. The minimum absolute atomic E-state index is 0.298. The molecule has 5 nitrogen and oxygen atoms in total. The third-order valence-electron chi connectivity index (χ3n) is 4.03. The van der Waals surface area contributed by atoms with Crippen LogP contribution < -0.4 is 5.32 Å². The monoisotopic (exact) mass is 257 g/mol. The van der Waals surface area contributed by atoms with Gasteiger partial charge in [-0.2, -0.15) is 0 Å². The molecule has 1 saturated carbocycles. The van der Waals surface area contributed by atoms with Gasteiger partial charge in [-0.05, 0) is 18.4 Å². The lowest BCUT2D eigenvalue weighted by Crippen LogP contribution is -2.56. The standard InChI is InChI=1S/C13H23NO4/c15-7-8-6-10(12(17)13(18)11(8)16)14-9-4-2-1-3-5-9/h6,9-18H,1-5,7H2/t10-,11+,12-,13?/m0/s1. The summed E-state index contributed by atoms with van der Waals surface area (Å²) in [5, 5.41) is 41.8. The summed E-state index contributed by atoms with van der Waals surface area (Å²) in [4.78, 5) is 0. The van der Waals surface area contributed by atoms with Crippen molar-refractivity contribution in [3.05, 3.63) is 11.6 Å². The van der Waals surface area contributed by atoms with Crippen LogP contribution in [0.2, 0.25) is 0 Å². The van der Waals surface area contributed by atoms with Crippen molar-refractivity contribution in [2.24, 2.45) is 0 Å². The van der Waals surface area contributed by atoms with Crippen LogP contribution in [0.5, 0.6) is 0 Å². The molecule has 5 heteroatoms. The fourth-order valence-corrected chi connectivity index (χ4v) is 2.88. The van der Waals surface area contributed by atoms with Gasteiger partial charge >= 0.3 is 0 Å². The van der Waals surface area contributed by atoms with Gasteiger partial charge in [0, 0.05) is 6.04 Å². The lowest BCUT2D eigenvalue weighted by atomic mass is 9.86. The first-order chi connectivity index (χ1) is 8.63. The summed E-state index contributed by atoms with van der Waals surface area (Å²) in [6, 6.07) is -0.0503. The van der Waals surface area contributed by atoms with Crippen LogP contribution in [-0.2, 0) is 0 Å². The number of aliphatic hydroxyl groups is 4. The van der Waals surface area contributed by atoms with Gasteiger partial charge < -0.3 is 25.7 Å². The second kappa shape index (κ2) is 6.12. The van der Waals surface area contributed by atoms with Crippen molar-refractivity contribution < 1.29 is 20.4 Å². The van der Waals surface area contributed by atoms with Gasteiger partial charge in [-0.1, -0.05) is 25.3 Å². The van der Waals surface area contributed by atoms with E-state index in [-0.39, 0.29) is 6.61 Å². The molecule has 0 bridgehead atoms. The van der Waals surface area contributed by atoms with Crippen LogP contribution in [-0.4, -0.2) is 57.4 Å². The minimum Gasteiger partial charge on any atom is -0.392 e. The van der Waals surface area contributed by atoms with Crippen LogP contribution in [0.15, 0.2) is 11.6 Å². The third kappa shape index (κ3) is 2.92. The molecule has 18 heavy (non-hydrogen) atoms. The van der Waals surface area contributed by atoms with Crippen molar-refractivity contribution in [1.29, 1.82) is 0 Å². The Bertz CT molecular complexity index is 301. The van der Waals surface area contributed by atoms with Crippen LogP contribution >= 0.6 is 0 Å². The molecule has 1 fully saturated rings. The Morgan fingerprint density at radius 1 is 1.06 bits per heavy atom. The van der Waals surface area contributed by atoms with Gasteiger partial charge in [0.25, 0.3) is 0 Å². The number of rotatable bonds is 3. The molecular formula is C13H23NO4. The maximum Gasteiger partial charge on any atom is 0.111 e. The van der Waals surface area contributed by atoms with E-state index in [1.165, 1.54) is 19.3 Å². The molecule has 0 aromatic heterocycles. The summed E-state index contributed by atoms with van der Waals surface area (Å²) >= 11 is 0. The highest BCUT2D eigenvalue weighted by Gasteiger charge is 2.37. The molecule has 0 aromatic rings. The molecule has 0 amide bonds. The quantitative estimate of drug-likeness (QED) is 0.431. The highest BCUT2D eigenvalue weighted by Crippen LogP contribution is 2.23. The smallest absolute Gasteiger partial charge is 0.111 e. The second-order valence-corrected chi connectivity index (χ2v) is 5.35. The highest BCUT2D eigenvalue weighted by molar-refractivity contribution is 5.21. The molecule has 5 N–H and O–H groups in total. The number of aliphatic hydroxyl groups excluding tert-OH is 4. The van der Waals surface area contributed by atoms with Crippen LogP contribution in [0.1, 0.15) is 32.1 Å². The van der Waals surface area contributed by atoms with E-state index in [1.807, 2.05) is 0 Å². The van der Waals surface area contributed by atoms with Gasteiger partial charge in [0.05, 0.1) is 12.6 Å². The molecule has 4 atom stereocenters. The van der Waals surface area contributed by atoms with Gasteiger partial charge in [0.1, 0.15) is 18.3 Å². The first kappa shape index (κ1) is 14.0. The van der Waals surface area contributed by atoms with Gasteiger partial charge in [-0.3, -0.25) is 0 Å². The zero-order valence-electron chi connectivity index (χ0n) is 10.5. The average molecular weight is 257 g/mol. The maximum atomic E-state index is 9.95. The van der Waals surface area contributed by atoms with Crippen molar-refractivity contribution in [3.8, 4) is 0 Å². The van der Waals surface area contributed by atoms with Crippen LogP contribution in [0.25, 0.3) is 0 Å². The Hall–Kier alpha value is -0.460. The minimum atomic E-state index is -1.24. The first-order valence-electron chi connectivity index (χ1n) is 6.75. The van der Waals surface area contributed by atoms with E-state index in [9.17, 15) is 15.3 Å². The fraction of sp³-hybridized carbons (Fsp3) is 0.846. The predicted molar refractivity (Wildman–Crippen MR) is 67.0 cm³/mol. The molecule has 0 aromatic carbocycles. The largest absolute Gasteiger partial charge is 0.392 e. The molecule has 2 aliphatic carbocycles. The van der Waals surface area contributed by atoms with Gasteiger partial charge in [-0.15, -0.1) is 0 Å². The zero-order valence-corrected chi connectivity index (χ0v) is 10.5. The molecule has 0 heterocycles. The van der Waals surface area contributed by atoms with Gasteiger partial charge in [0.2, 0.25) is 0 Å². The van der Waals surface area contributed by atoms with E-state index in [1.54, 1.807) is 6.08 Å². The van der Waals surface area contributed by atoms with Crippen molar-refractivity contribution in [3.63, 3.8) is 0 Å². The summed E-state index contributed by atoms with van der Waals surface area (Å²) in [6.45, 7) is -0.298. The van der Waals surface area contributed by atoms with E-state index in [0.717, 1.165) is 12.8 Å². The Labute approximate surface area is 107 Å². The molecule has 0 saturated heterocycles. The van der Waals surface area contributed by atoms with E-state index in [4.69, 9.17) is 5.11 Å². The molecule has 2 aliphatic rings. The Balaban J connectivity index is 2.03. The molecule has 0 radical (unpaired) electrons. The molecule has 0 aliphatic heterocycles. The number of nitrogens with one attached hydrogen (secondary N) is 1. The van der Waals surface area contributed by atoms with Crippen LogP contribution in [0.4, 0.5) is 0 Å². The predicted octanol–water partition coefficient (Wildman–Crippen LogP) is -0.708. The lowest BCUT2D eigenvalue weighted by molar-refractivity contribution is -0.0657. The van der Waals surface area contributed by atoms with Crippen LogP contribution in [0, 0.1) is 0 Å². The van der Waals surface area contributed by atoms with Crippen molar-refractivity contribution in [2.75, 3.05) is 6.61 Å². The molecule has 2 rings (SSSR count). The van der Waals surface area contributed by atoms with E-state index in [2.05, 4.69) is 5.32 Å². The molecule has 104 valence electrons. The van der Waals surface area contributed by atoms with Crippen molar-refractivity contribution >= 4 is 0 Å². The van der Waals surface area contributed by atoms with Crippen molar-refractivity contribution in [2.45, 2.75) is 62.5 Å². The average Bonchev–Trinajstić information content (AvgIpc) is 2.40. The Morgan fingerprint density at radius 2 is 1.72 bits per heavy atom. The van der Waals surface area contributed by atoms with E-state index in [0.29, 0.717) is 11.6 Å². The van der Waals surface area contributed by atoms with E-state index < -0.39 is 24.4 Å². The summed E-state index contributed by atoms with van der Waals surface area (Å²) in [5.41, 5.74) is 0.376. The summed E-state index contributed by atoms with van der Waals surface area (Å²) in [6.07, 6.45) is 3.98. The SMILES string of the molecule is OCC1=C[C@H](NC2CCCCC2)[C@H](O)C(O)[C@@H]1O. The zero-order chi connectivity index (χ0) is 13.1. The van der Waals surface area contributed by atoms with Gasteiger partial charge in [0.15, 0.2) is 0 Å². The second-order valence-electron chi connectivity index (χ2n) is 5.35. The summed E-state index contributed by atoms with van der Waals surface area (Å²) < 4.78 is 0. The topological polar surface area (TPSA) is 93.0 Å². The lowest BCUT2D eigenvalue weighted by Gasteiger charge is -2.37. The highest BCUT2D eigenvalue weighted by atomic mass is 16.4. The summed E-state index contributed by atoms with van der Waals surface area (Å²) in [5.74, 6) is 0. The number of hydrogen-bond acceptors (Lipinski definition) is 5. The molecule has 1 unspecified atom stereocenters. The Morgan fingerprint density at radius 3 is 2.33 bits per heavy atom. The maximum absolute atomic E-state index is 9.95. The first-order valence-corrected chi connectivity index (χ1v) is 6.75. The van der Waals surface area contributed by atoms with Gasteiger partial charge in [-0.25, -0.2) is 0 Å². The molecular weight excluding hydrogens is 234 g/mol. The normalized spacial score (nSPS) is 38.6. The Kier molecular flexibility index (Phi) is 4.75. The van der Waals surface area contributed by atoms with E-state index >= 15 is 0 Å². The third-order valence-corrected chi connectivity index (χ3v) is 4.03. The fourth-order valence-electron chi connectivity index (χ4n) is 2.88.